The largest absolute Gasteiger partial charge is 0.340 e. The molecule has 3 rings (SSSR count). The molecular weight excluding hydrogens is 320 g/mol. The van der Waals surface area contributed by atoms with Gasteiger partial charge in [-0.25, -0.2) is 9.69 Å². The Morgan fingerprint density at radius 3 is 1.96 bits per heavy atom. The zero-order valence-corrected chi connectivity index (χ0v) is 14.6. The molecule has 5 heteroatoms. The van der Waals surface area contributed by atoms with Gasteiger partial charge in [-0.2, -0.15) is 0 Å². The molecule has 0 saturated carbocycles. The highest BCUT2D eigenvalue weighted by Crippen LogP contribution is 2.35. The second kappa shape index (κ2) is 5.83. The molecule has 0 aromatic heterocycles. The van der Waals surface area contributed by atoms with E-state index in [0.29, 0.717) is 16.4 Å². The fraction of sp³-hybridized carbons (Fsp3) is 0.211. The fourth-order valence-corrected chi connectivity index (χ4v) is 2.92. The van der Waals surface area contributed by atoms with E-state index in [2.05, 4.69) is 0 Å². The van der Waals surface area contributed by atoms with Gasteiger partial charge in [-0.05, 0) is 45.0 Å². The highest BCUT2D eigenvalue weighted by Gasteiger charge is 2.49. The lowest BCUT2D eigenvalue weighted by atomic mass is 9.88. The van der Waals surface area contributed by atoms with Crippen LogP contribution in [0.4, 0.5) is 16.2 Å². The zero-order chi connectivity index (χ0) is 17.5. The topological polar surface area (TPSA) is 40.6 Å². The Morgan fingerprint density at radius 1 is 0.833 bits per heavy atom. The number of imide groups is 1. The minimum Gasteiger partial charge on any atom is -0.273 e. The van der Waals surface area contributed by atoms with E-state index in [9.17, 15) is 9.59 Å². The number of hydrogen-bond donors (Lipinski definition) is 0. The lowest BCUT2D eigenvalue weighted by molar-refractivity contribution is -0.123. The molecule has 0 N–H and O–H groups in total. The van der Waals surface area contributed by atoms with Crippen LogP contribution in [0, 0.1) is 12.3 Å². The van der Waals surface area contributed by atoms with E-state index in [1.54, 1.807) is 38.1 Å². The average Bonchev–Trinajstić information content (AvgIpc) is 2.56. The summed E-state index contributed by atoms with van der Waals surface area (Å²) in [6, 6.07) is 16.0. The average molecular weight is 338 g/mol. The van der Waals surface area contributed by atoms with Crippen molar-refractivity contribution in [2.45, 2.75) is 20.8 Å². The van der Waals surface area contributed by atoms with Gasteiger partial charge in [0.1, 0.15) is 4.99 Å². The first-order valence-corrected chi connectivity index (χ1v) is 8.09. The minimum atomic E-state index is -0.954. The number of aryl methyl sites for hydroxylation is 1. The summed E-state index contributed by atoms with van der Waals surface area (Å²) >= 11 is 5.49. The highest BCUT2D eigenvalue weighted by atomic mass is 32.1. The summed E-state index contributed by atoms with van der Waals surface area (Å²) in [6.45, 7) is 5.48. The molecule has 2 aromatic rings. The number of carbonyl (C=O) groups is 2. The zero-order valence-electron chi connectivity index (χ0n) is 13.8. The maximum Gasteiger partial charge on any atom is 0.340 e. The number of thiocarbonyl (C=S) groups is 1. The number of hydrogen-bond acceptors (Lipinski definition) is 3. The molecule has 1 fully saturated rings. The smallest absolute Gasteiger partial charge is 0.273 e. The number of amides is 3. The fourth-order valence-electron chi connectivity index (χ4n) is 2.65. The molecule has 1 aliphatic heterocycles. The predicted octanol–water partition coefficient (Wildman–Crippen LogP) is 4.32. The van der Waals surface area contributed by atoms with Gasteiger partial charge in [-0.3, -0.25) is 9.69 Å². The van der Waals surface area contributed by atoms with Crippen LogP contribution in [-0.2, 0) is 4.79 Å². The SMILES string of the molecule is Cc1ccc(N2C(=O)N(c3ccccc3)C(=O)C(C)(C)C2=S)cc1. The molecule has 3 amide bonds. The van der Waals surface area contributed by atoms with Gasteiger partial charge in [0.05, 0.1) is 16.8 Å². The third-order valence-corrected chi connectivity index (χ3v) is 4.86. The van der Waals surface area contributed by atoms with Crippen LogP contribution in [0.15, 0.2) is 54.6 Å². The summed E-state index contributed by atoms with van der Waals surface area (Å²) in [4.78, 5) is 28.9. The van der Waals surface area contributed by atoms with Crippen molar-refractivity contribution in [3.8, 4) is 0 Å². The Morgan fingerprint density at radius 2 is 1.38 bits per heavy atom. The van der Waals surface area contributed by atoms with E-state index in [-0.39, 0.29) is 5.91 Å². The number of nitrogens with zero attached hydrogens (tertiary/aromatic N) is 2. The van der Waals surface area contributed by atoms with Crippen molar-refractivity contribution < 1.29 is 9.59 Å². The highest BCUT2D eigenvalue weighted by molar-refractivity contribution is 7.81. The van der Waals surface area contributed by atoms with Crippen LogP contribution >= 0.6 is 12.2 Å². The van der Waals surface area contributed by atoms with Crippen LogP contribution in [0.1, 0.15) is 19.4 Å². The Bertz CT molecular complexity index is 813. The first-order chi connectivity index (χ1) is 11.3. The Hall–Kier alpha value is -2.53. The molecule has 122 valence electrons. The first-order valence-electron chi connectivity index (χ1n) is 7.69. The summed E-state index contributed by atoms with van der Waals surface area (Å²) in [5, 5.41) is 0. The molecule has 1 heterocycles. The molecule has 2 aromatic carbocycles. The second-order valence-corrected chi connectivity index (χ2v) is 6.75. The van der Waals surface area contributed by atoms with Crippen molar-refractivity contribution in [1.82, 2.24) is 0 Å². The molecule has 24 heavy (non-hydrogen) atoms. The number of para-hydroxylation sites is 1. The molecule has 0 unspecified atom stereocenters. The molecule has 0 atom stereocenters. The monoisotopic (exact) mass is 338 g/mol. The van der Waals surface area contributed by atoms with Crippen molar-refractivity contribution in [2.24, 2.45) is 5.41 Å². The second-order valence-electron chi connectivity index (χ2n) is 6.36. The van der Waals surface area contributed by atoms with Crippen molar-refractivity contribution in [3.63, 3.8) is 0 Å². The summed E-state index contributed by atoms with van der Waals surface area (Å²) in [6.07, 6.45) is 0. The summed E-state index contributed by atoms with van der Waals surface area (Å²) in [7, 11) is 0. The lowest BCUT2D eigenvalue weighted by Gasteiger charge is -2.42. The summed E-state index contributed by atoms with van der Waals surface area (Å²) in [5.74, 6) is -0.313. The maximum atomic E-state index is 13.1. The van der Waals surface area contributed by atoms with Gasteiger partial charge >= 0.3 is 6.03 Å². The number of anilines is 2. The van der Waals surface area contributed by atoms with Crippen LogP contribution in [0.2, 0.25) is 0 Å². The molecule has 0 spiro atoms. The van der Waals surface area contributed by atoms with Crippen LogP contribution in [0.3, 0.4) is 0 Å². The Balaban J connectivity index is 2.12. The molecule has 1 aliphatic rings. The van der Waals surface area contributed by atoms with Crippen molar-refractivity contribution >= 4 is 40.5 Å². The van der Waals surface area contributed by atoms with E-state index < -0.39 is 11.4 Å². The van der Waals surface area contributed by atoms with Gasteiger partial charge in [0.25, 0.3) is 0 Å². The third-order valence-electron chi connectivity index (χ3n) is 4.16. The van der Waals surface area contributed by atoms with E-state index in [1.165, 1.54) is 9.80 Å². The van der Waals surface area contributed by atoms with E-state index in [4.69, 9.17) is 12.2 Å². The Kier molecular flexibility index (Phi) is 3.97. The maximum absolute atomic E-state index is 13.1. The molecule has 0 radical (unpaired) electrons. The van der Waals surface area contributed by atoms with Gasteiger partial charge in [0.15, 0.2) is 0 Å². The van der Waals surface area contributed by atoms with Crippen LogP contribution in [0.5, 0.6) is 0 Å². The number of urea groups is 1. The van der Waals surface area contributed by atoms with Gasteiger partial charge in [0.2, 0.25) is 5.91 Å². The normalized spacial score (nSPS) is 17.4. The van der Waals surface area contributed by atoms with E-state index in [1.807, 2.05) is 37.3 Å². The predicted molar refractivity (Wildman–Crippen MR) is 99.4 cm³/mol. The summed E-state index contributed by atoms with van der Waals surface area (Å²) in [5.41, 5.74) is 1.34. The van der Waals surface area contributed by atoms with Crippen LogP contribution in [0.25, 0.3) is 0 Å². The van der Waals surface area contributed by atoms with Gasteiger partial charge in [-0.15, -0.1) is 0 Å². The first kappa shape index (κ1) is 16.3. The Labute approximate surface area is 146 Å². The van der Waals surface area contributed by atoms with E-state index >= 15 is 0 Å². The quantitative estimate of drug-likeness (QED) is 0.766. The van der Waals surface area contributed by atoms with Crippen molar-refractivity contribution in [2.75, 3.05) is 9.80 Å². The summed E-state index contributed by atoms with van der Waals surface area (Å²) < 4.78 is 0. The molecule has 1 saturated heterocycles. The number of rotatable bonds is 2. The van der Waals surface area contributed by atoms with Crippen LogP contribution < -0.4 is 9.80 Å². The van der Waals surface area contributed by atoms with Crippen molar-refractivity contribution in [1.29, 1.82) is 0 Å². The van der Waals surface area contributed by atoms with Gasteiger partial charge < -0.3 is 0 Å². The van der Waals surface area contributed by atoms with E-state index in [0.717, 1.165) is 5.56 Å². The molecular formula is C19H18N2O2S. The van der Waals surface area contributed by atoms with Crippen molar-refractivity contribution in [3.05, 3.63) is 60.2 Å². The van der Waals surface area contributed by atoms with Gasteiger partial charge in [-0.1, -0.05) is 48.1 Å². The lowest BCUT2D eigenvalue weighted by Crippen LogP contribution is -2.63. The number of carbonyl (C=O) groups excluding carboxylic acids is 2. The minimum absolute atomic E-state index is 0.313. The van der Waals surface area contributed by atoms with Gasteiger partial charge in [0, 0.05) is 0 Å². The molecule has 0 aliphatic carbocycles. The standard InChI is InChI=1S/C19H18N2O2S/c1-13-9-11-15(12-10-13)21-17(24)19(2,3)16(22)20(18(21)23)14-7-5-4-6-8-14/h4-12H,1-3H3. The molecule has 0 bridgehead atoms. The molecule has 4 nitrogen and oxygen atoms in total. The number of benzene rings is 2. The third kappa shape index (κ3) is 2.51. The van der Waals surface area contributed by atoms with Crippen LogP contribution in [-0.4, -0.2) is 16.9 Å².